The van der Waals surface area contributed by atoms with E-state index in [1.54, 1.807) is 18.5 Å². The van der Waals surface area contributed by atoms with Crippen molar-refractivity contribution in [3.63, 3.8) is 0 Å². The van der Waals surface area contributed by atoms with Crippen molar-refractivity contribution < 1.29 is 13.6 Å². The van der Waals surface area contributed by atoms with Gasteiger partial charge >= 0.3 is 0 Å². The van der Waals surface area contributed by atoms with Crippen molar-refractivity contribution in [3.8, 4) is 0 Å². The van der Waals surface area contributed by atoms with Gasteiger partial charge in [0.25, 0.3) is 11.8 Å². The number of aromatic nitrogens is 3. The number of alkyl halides is 2. The minimum atomic E-state index is -2.65. The lowest BCUT2D eigenvalue weighted by Crippen LogP contribution is -2.45. The Morgan fingerprint density at radius 1 is 1.03 bits per heavy atom. The Morgan fingerprint density at radius 3 is 2.49 bits per heavy atom. The first-order valence-electron chi connectivity index (χ1n) is 14.1. The molecule has 39 heavy (non-hydrogen) atoms. The smallest absolute Gasteiger partial charge is 0.252 e. The zero-order valence-corrected chi connectivity index (χ0v) is 22.1. The fourth-order valence-electron chi connectivity index (χ4n) is 5.51. The second kappa shape index (κ2) is 11.0. The van der Waals surface area contributed by atoms with E-state index < -0.39 is 5.92 Å². The minimum Gasteiger partial charge on any atom is -0.370 e. The summed E-state index contributed by atoms with van der Waals surface area (Å²) in [5.41, 5.74) is 2.11. The van der Waals surface area contributed by atoms with E-state index in [-0.39, 0.29) is 44.4 Å². The van der Waals surface area contributed by atoms with Gasteiger partial charge in [-0.15, -0.1) is 0 Å². The van der Waals surface area contributed by atoms with Crippen molar-refractivity contribution in [1.29, 1.82) is 0 Å². The molecule has 3 aliphatic rings. The average Bonchev–Trinajstić information content (AvgIpc) is 3.62. The number of carbonyl (C=O) groups excluding carboxylic acids is 1. The van der Waals surface area contributed by atoms with Crippen molar-refractivity contribution >= 4 is 28.6 Å². The molecule has 1 aromatic carbocycles. The van der Waals surface area contributed by atoms with Crippen LogP contribution in [-0.2, 0) is 0 Å². The van der Waals surface area contributed by atoms with Crippen LogP contribution < -0.4 is 15.5 Å². The van der Waals surface area contributed by atoms with Gasteiger partial charge in [0.15, 0.2) is 0 Å². The number of hydrogen-bond acceptors (Lipinski definition) is 7. The molecule has 1 atom stereocenters. The summed E-state index contributed by atoms with van der Waals surface area (Å²) in [7, 11) is 0. The quantitative estimate of drug-likeness (QED) is 0.413. The van der Waals surface area contributed by atoms with Gasteiger partial charge in [-0.3, -0.25) is 9.69 Å². The van der Waals surface area contributed by atoms with Crippen LogP contribution in [0.3, 0.4) is 0 Å². The Labute approximate surface area is 227 Å². The maximum atomic E-state index is 13.9. The molecule has 3 fully saturated rings. The zero-order chi connectivity index (χ0) is 26.8. The van der Waals surface area contributed by atoms with Crippen molar-refractivity contribution in [2.75, 3.05) is 49.5 Å². The summed E-state index contributed by atoms with van der Waals surface area (Å²) in [5, 5.41) is 7.22. The normalized spacial score (nSPS) is 20.2. The second-order valence-corrected chi connectivity index (χ2v) is 11.0. The van der Waals surface area contributed by atoms with E-state index >= 15 is 0 Å². The molecular formula is C29H35F2N7O. The third-order valence-corrected chi connectivity index (χ3v) is 8.10. The molecule has 1 unspecified atom stereocenters. The van der Waals surface area contributed by atoms with Crippen molar-refractivity contribution in [1.82, 2.24) is 25.2 Å². The first-order valence-corrected chi connectivity index (χ1v) is 14.1. The summed E-state index contributed by atoms with van der Waals surface area (Å²) in [6.45, 7) is 3.56. The van der Waals surface area contributed by atoms with Gasteiger partial charge in [-0.1, -0.05) is 6.07 Å². The number of amides is 1. The monoisotopic (exact) mass is 535 g/mol. The lowest BCUT2D eigenvalue weighted by molar-refractivity contribution is -0.0632. The summed E-state index contributed by atoms with van der Waals surface area (Å²) in [5.74, 6) is -0.628. The van der Waals surface area contributed by atoms with E-state index in [2.05, 4.69) is 25.5 Å². The predicted octanol–water partition coefficient (Wildman–Crippen LogP) is 4.65. The molecule has 6 rings (SSSR count). The molecule has 1 amide bonds. The highest BCUT2D eigenvalue weighted by Gasteiger charge is 2.37. The molecular weight excluding hydrogens is 500 g/mol. The fourth-order valence-corrected chi connectivity index (χ4v) is 5.51. The Hall–Kier alpha value is -3.40. The topological polar surface area (TPSA) is 86.3 Å². The highest BCUT2D eigenvalue weighted by molar-refractivity contribution is 6.06. The molecule has 1 saturated carbocycles. The zero-order valence-electron chi connectivity index (χ0n) is 22.1. The van der Waals surface area contributed by atoms with Crippen LogP contribution in [0.25, 0.3) is 10.9 Å². The maximum Gasteiger partial charge on any atom is 0.252 e. The fraction of sp³-hybridized carbons (Fsp3) is 0.517. The van der Waals surface area contributed by atoms with Crippen LogP contribution in [0.1, 0.15) is 60.5 Å². The van der Waals surface area contributed by atoms with E-state index in [0.717, 1.165) is 60.7 Å². The standard InChI is InChI=1S/C29H35F2N7O/c30-29(31)10-14-37(15-11-29)25(21-17-34-28(35-18-21)38-12-1-2-13-38)19-33-27(39)23-4-3-5-24-22(23)8-9-26(36-24)32-16-20-6-7-20/h3-5,8-9,17-18,20,25H,1-2,6-7,10-16,19H2,(H,32,36)(H,33,39). The Morgan fingerprint density at radius 2 is 1.77 bits per heavy atom. The van der Waals surface area contributed by atoms with Crippen LogP contribution in [0.4, 0.5) is 20.5 Å². The van der Waals surface area contributed by atoms with Gasteiger partial charge in [0.05, 0.1) is 11.6 Å². The Kier molecular flexibility index (Phi) is 7.29. The molecule has 0 radical (unpaired) electrons. The van der Waals surface area contributed by atoms with Gasteiger partial charge in [-0.25, -0.2) is 23.7 Å². The number of pyridine rings is 1. The van der Waals surface area contributed by atoms with Gasteiger partial charge in [0.1, 0.15) is 5.82 Å². The highest BCUT2D eigenvalue weighted by Crippen LogP contribution is 2.33. The third-order valence-electron chi connectivity index (χ3n) is 8.10. The Bertz CT molecular complexity index is 1300. The number of piperidine rings is 1. The number of nitrogens with one attached hydrogen (secondary N) is 2. The molecule has 0 bridgehead atoms. The maximum absolute atomic E-state index is 13.9. The first-order chi connectivity index (χ1) is 18.9. The molecule has 1 aliphatic carbocycles. The summed E-state index contributed by atoms with van der Waals surface area (Å²) in [6.07, 6.45) is 7.95. The van der Waals surface area contributed by atoms with Crippen molar-refractivity contribution in [2.45, 2.75) is 50.5 Å². The number of rotatable bonds is 9. The van der Waals surface area contributed by atoms with E-state index in [1.807, 2.05) is 29.2 Å². The number of nitrogens with zero attached hydrogens (tertiary/aromatic N) is 5. The number of carbonyl (C=O) groups is 1. The average molecular weight is 536 g/mol. The number of anilines is 2. The first kappa shape index (κ1) is 25.9. The number of hydrogen-bond donors (Lipinski definition) is 2. The van der Waals surface area contributed by atoms with Gasteiger partial charge in [0, 0.05) is 81.0 Å². The van der Waals surface area contributed by atoms with E-state index in [4.69, 9.17) is 4.98 Å². The lowest BCUT2D eigenvalue weighted by Gasteiger charge is -2.37. The van der Waals surface area contributed by atoms with Crippen LogP contribution in [0.15, 0.2) is 42.7 Å². The van der Waals surface area contributed by atoms with Gasteiger partial charge in [-0.2, -0.15) is 0 Å². The molecule has 2 saturated heterocycles. The minimum absolute atomic E-state index is 0.198. The second-order valence-electron chi connectivity index (χ2n) is 11.0. The van der Waals surface area contributed by atoms with Crippen LogP contribution >= 0.6 is 0 Å². The van der Waals surface area contributed by atoms with Gasteiger partial charge in [-0.05, 0) is 55.9 Å². The Balaban J connectivity index is 1.18. The van der Waals surface area contributed by atoms with Crippen molar-refractivity contribution in [3.05, 3.63) is 53.9 Å². The summed E-state index contributed by atoms with van der Waals surface area (Å²) in [4.78, 5) is 31.4. The molecule has 4 heterocycles. The molecule has 3 aromatic rings. The molecule has 2 aromatic heterocycles. The number of fused-ring (bicyclic) bond motifs is 1. The lowest BCUT2D eigenvalue weighted by atomic mass is 10.0. The largest absolute Gasteiger partial charge is 0.370 e. The van der Waals surface area contributed by atoms with Crippen LogP contribution in [0.2, 0.25) is 0 Å². The number of benzene rings is 1. The van der Waals surface area contributed by atoms with Gasteiger partial charge in [0.2, 0.25) is 5.95 Å². The SMILES string of the molecule is O=C(NCC(c1cnc(N2CCCC2)nc1)N1CCC(F)(F)CC1)c1cccc2nc(NCC3CC3)ccc12. The third kappa shape index (κ3) is 6.11. The summed E-state index contributed by atoms with van der Waals surface area (Å²) < 4.78 is 27.9. The van der Waals surface area contributed by atoms with E-state index in [9.17, 15) is 13.6 Å². The van der Waals surface area contributed by atoms with Crippen LogP contribution in [0.5, 0.6) is 0 Å². The summed E-state index contributed by atoms with van der Waals surface area (Å²) in [6, 6.07) is 9.08. The van der Waals surface area contributed by atoms with Crippen LogP contribution in [-0.4, -0.2) is 71.0 Å². The van der Waals surface area contributed by atoms with E-state index in [1.165, 1.54) is 12.8 Å². The van der Waals surface area contributed by atoms with Gasteiger partial charge < -0.3 is 15.5 Å². The van der Waals surface area contributed by atoms with Crippen LogP contribution in [0, 0.1) is 5.92 Å². The molecule has 0 spiro atoms. The number of likely N-dealkylation sites (tertiary alicyclic amines) is 1. The van der Waals surface area contributed by atoms with Crippen molar-refractivity contribution in [2.24, 2.45) is 5.92 Å². The highest BCUT2D eigenvalue weighted by atomic mass is 19.3. The molecule has 206 valence electrons. The molecule has 2 aliphatic heterocycles. The van der Waals surface area contributed by atoms with E-state index in [0.29, 0.717) is 11.5 Å². The molecule has 10 heteroatoms. The molecule has 8 nitrogen and oxygen atoms in total. The number of halogens is 2. The molecule has 2 N–H and O–H groups in total. The summed E-state index contributed by atoms with van der Waals surface area (Å²) >= 11 is 0. The predicted molar refractivity (Wildman–Crippen MR) is 147 cm³/mol.